The molecule has 2 aliphatic rings. The number of ether oxygens (including phenoxy) is 1. The van der Waals surface area contributed by atoms with Crippen molar-refractivity contribution in [3.05, 3.63) is 65.7 Å². The van der Waals surface area contributed by atoms with Gasteiger partial charge in [0, 0.05) is 11.8 Å². The van der Waals surface area contributed by atoms with Crippen molar-refractivity contribution >= 4 is 32.7 Å². The van der Waals surface area contributed by atoms with Gasteiger partial charge >= 0.3 is 0 Å². The first-order chi connectivity index (χ1) is 13.9. The van der Waals surface area contributed by atoms with Crippen molar-refractivity contribution < 1.29 is 17.9 Å². The Hall–Kier alpha value is -2.32. The Morgan fingerprint density at radius 1 is 1.14 bits per heavy atom. The summed E-state index contributed by atoms with van der Waals surface area (Å²) in [6.07, 6.45) is 0. The Balaban J connectivity index is 1.51. The first kappa shape index (κ1) is 20.0. The topological polar surface area (TPSA) is 76.0 Å². The maximum atomic E-state index is 12.4. The second-order valence-electron chi connectivity index (χ2n) is 7.30. The van der Waals surface area contributed by atoms with Gasteiger partial charge in [0.25, 0.3) is 5.91 Å². The highest BCUT2D eigenvalue weighted by atomic mass is 32.2. The molecule has 29 heavy (non-hydrogen) atoms. The molecule has 152 valence electrons. The molecule has 2 aliphatic heterocycles. The quantitative estimate of drug-likeness (QED) is 0.726. The summed E-state index contributed by atoms with van der Waals surface area (Å²) in [5, 5.41) is 0.490. The van der Waals surface area contributed by atoms with Crippen LogP contribution in [0.5, 0.6) is 5.75 Å². The van der Waals surface area contributed by atoms with E-state index in [0.29, 0.717) is 17.5 Å². The number of nitrogens with zero attached hydrogens (tertiary/aromatic N) is 2. The lowest BCUT2D eigenvalue weighted by molar-refractivity contribution is -0.119. The SMILES string of the molecule is Cc1ccc(CN2C(=NC(=O)COc3ccccc3)SC3CS(=O)(=O)CC32)cc1. The smallest absolute Gasteiger partial charge is 0.285 e. The van der Waals surface area contributed by atoms with Crippen molar-refractivity contribution in [2.75, 3.05) is 18.1 Å². The predicted octanol–water partition coefficient (Wildman–Crippen LogP) is 2.67. The van der Waals surface area contributed by atoms with E-state index in [9.17, 15) is 13.2 Å². The Morgan fingerprint density at radius 2 is 1.86 bits per heavy atom. The Bertz CT molecular complexity index is 1020. The summed E-state index contributed by atoms with van der Waals surface area (Å²) >= 11 is 1.38. The molecule has 2 fully saturated rings. The number of fused-ring (bicyclic) bond motifs is 1. The zero-order valence-electron chi connectivity index (χ0n) is 16.0. The molecule has 1 amide bonds. The van der Waals surface area contributed by atoms with E-state index in [0.717, 1.165) is 11.1 Å². The highest BCUT2D eigenvalue weighted by molar-refractivity contribution is 8.15. The molecular weight excluding hydrogens is 408 g/mol. The Morgan fingerprint density at radius 3 is 2.59 bits per heavy atom. The fourth-order valence-corrected chi connectivity index (χ4v) is 7.48. The molecule has 0 aliphatic carbocycles. The third-order valence-corrected chi connectivity index (χ3v) is 8.22. The van der Waals surface area contributed by atoms with E-state index < -0.39 is 9.84 Å². The lowest BCUT2D eigenvalue weighted by Gasteiger charge is -2.24. The van der Waals surface area contributed by atoms with E-state index in [4.69, 9.17) is 4.74 Å². The summed E-state index contributed by atoms with van der Waals surface area (Å²) in [6.45, 7) is 2.39. The average molecular weight is 431 g/mol. The minimum atomic E-state index is -3.06. The fourth-order valence-electron chi connectivity index (χ4n) is 3.51. The van der Waals surface area contributed by atoms with Crippen LogP contribution in [-0.2, 0) is 21.2 Å². The number of para-hydroxylation sites is 1. The maximum Gasteiger partial charge on any atom is 0.285 e. The molecule has 2 heterocycles. The Kier molecular flexibility index (Phi) is 5.65. The zero-order chi connectivity index (χ0) is 20.4. The van der Waals surface area contributed by atoms with Gasteiger partial charge in [0.15, 0.2) is 21.6 Å². The van der Waals surface area contributed by atoms with Crippen molar-refractivity contribution in [2.24, 2.45) is 4.99 Å². The van der Waals surface area contributed by atoms with Gasteiger partial charge in [-0.25, -0.2) is 8.42 Å². The van der Waals surface area contributed by atoms with Crippen molar-refractivity contribution in [3.63, 3.8) is 0 Å². The van der Waals surface area contributed by atoms with Gasteiger partial charge in [-0.2, -0.15) is 4.99 Å². The van der Waals surface area contributed by atoms with Crippen LogP contribution >= 0.6 is 11.8 Å². The largest absolute Gasteiger partial charge is 0.484 e. The maximum absolute atomic E-state index is 12.4. The van der Waals surface area contributed by atoms with Crippen LogP contribution in [0.15, 0.2) is 59.6 Å². The number of benzene rings is 2. The minimum absolute atomic E-state index is 0.0907. The van der Waals surface area contributed by atoms with Crippen LogP contribution in [0.25, 0.3) is 0 Å². The molecule has 0 bridgehead atoms. The number of carbonyl (C=O) groups is 1. The van der Waals surface area contributed by atoms with E-state index in [1.165, 1.54) is 11.8 Å². The average Bonchev–Trinajstić information content (AvgIpc) is 3.15. The molecule has 2 saturated heterocycles. The van der Waals surface area contributed by atoms with E-state index >= 15 is 0 Å². The van der Waals surface area contributed by atoms with Gasteiger partial charge in [-0.1, -0.05) is 59.8 Å². The van der Waals surface area contributed by atoms with Crippen LogP contribution in [0, 0.1) is 6.92 Å². The van der Waals surface area contributed by atoms with E-state index in [-0.39, 0.29) is 35.3 Å². The molecule has 0 spiro atoms. The molecule has 0 aromatic heterocycles. The van der Waals surface area contributed by atoms with Crippen molar-refractivity contribution in [3.8, 4) is 5.75 Å². The van der Waals surface area contributed by atoms with Crippen LogP contribution in [0.1, 0.15) is 11.1 Å². The molecule has 4 rings (SSSR count). The zero-order valence-corrected chi connectivity index (χ0v) is 17.7. The minimum Gasteiger partial charge on any atom is -0.484 e. The third kappa shape index (κ3) is 4.82. The summed E-state index contributed by atoms with van der Waals surface area (Å²) in [6, 6.07) is 17.0. The number of amidine groups is 1. The molecule has 6 nitrogen and oxygen atoms in total. The lowest BCUT2D eigenvalue weighted by atomic mass is 10.1. The van der Waals surface area contributed by atoms with E-state index in [1.54, 1.807) is 12.1 Å². The standard InChI is InChI=1S/C21H22N2O4S2/c1-15-7-9-16(10-8-15)11-23-18-13-29(25,26)14-19(18)28-21(23)22-20(24)12-27-17-5-3-2-4-6-17/h2-10,18-19H,11-14H2,1H3. The van der Waals surface area contributed by atoms with Crippen LogP contribution in [0.2, 0.25) is 0 Å². The summed E-state index contributed by atoms with van der Waals surface area (Å²) in [4.78, 5) is 18.6. The number of thioether (sulfide) groups is 1. The van der Waals surface area contributed by atoms with Gasteiger partial charge in [0.05, 0.1) is 17.5 Å². The normalized spacial score (nSPS) is 23.9. The molecule has 2 unspecified atom stereocenters. The number of carbonyl (C=O) groups excluding carboxylic acids is 1. The van der Waals surface area contributed by atoms with E-state index in [1.807, 2.05) is 54.3 Å². The van der Waals surface area contributed by atoms with Gasteiger partial charge in [0.1, 0.15) is 5.75 Å². The fraction of sp³-hybridized carbons (Fsp3) is 0.333. The monoisotopic (exact) mass is 430 g/mol. The Labute approximate surface area is 174 Å². The van der Waals surface area contributed by atoms with Crippen LogP contribution < -0.4 is 4.74 Å². The highest BCUT2D eigenvalue weighted by Gasteiger charge is 2.48. The number of aliphatic imine (C=N–C) groups is 1. The second kappa shape index (κ2) is 8.20. The van der Waals surface area contributed by atoms with Gasteiger partial charge < -0.3 is 9.64 Å². The molecule has 0 radical (unpaired) electrons. The van der Waals surface area contributed by atoms with Gasteiger partial charge in [-0.3, -0.25) is 4.79 Å². The van der Waals surface area contributed by atoms with Crippen molar-refractivity contribution in [1.29, 1.82) is 0 Å². The summed E-state index contributed by atoms with van der Waals surface area (Å²) in [5.74, 6) is 0.456. The van der Waals surface area contributed by atoms with Crippen molar-refractivity contribution in [1.82, 2.24) is 4.90 Å². The molecule has 2 aromatic carbocycles. The number of hydrogen-bond donors (Lipinski definition) is 0. The number of hydrogen-bond acceptors (Lipinski definition) is 5. The van der Waals surface area contributed by atoms with Gasteiger partial charge in [-0.05, 0) is 24.6 Å². The van der Waals surface area contributed by atoms with Gasteiger partial charge in [-0.15, -0.1) is 0 Å². The lowest BCUT2D eigenvalue weighted by Crippen LogP contribution is -2.37. The molecule has 2 atom stereocenters. The molecule has 2 aromatic rings. The molecule has 8 heteroatoms. The highest BCUT2D eigenvalue weighted by Crippen LogP contribution is 2.39. The molecule has 0 N–H and O–H groups in total. The van der Waals surface area contributed by atoms with Crippen LogP contribution in [0.3, 0.4) is 0 Å². The first-order valence-corrected chi connectivity index (χ1v) is 12.1. The number of amides is 1. The number of rotatable bonds is 5. The van der Waals surface area contributed by atoms with Crippen LogP contribution in [-0.4, -0.2) is 53.8 Å². The third-order valence-electron chi connectivity index (χ3n) is 4.97. The molecular formula is C21H22N2O4S2. The van der Waals surface area contributed by atoms with E-state index in [2.05, 4.69) is 4.99 Å². The predicted molar refractivity (Wildman–Crippen MR) is 115 cm³/mol. The van der Waals surface area contributed by atoms with Crippen LogP contribution in [0.4, 0.5) is 0 Å². The van der Waals surface area contributed by atoms with Crippen molar-refractivity contribution in [2.45, 2.75) is 24.8 Å². The number of aryl methyl sites for hydroxylation is 1. The summed E-state index contributed by atoms with van der Waals surface area (Å²) < 4.78 is 29.7. The summed E-state index contributed by atoms with van der Waals surface area (Å²) in [7, 11) is -3.06. The number of sulfone groups is 1. The molecule has 0 saturated carbocycles. The van der Waals surface area contributed by atoms with Gasteiger partial charge in [0.2, 0.25) is 0 Å². The summed E-state index contributed by atoms with van der Waals surface area (Å²) in [5.41, 5.74) is 2.22. The first-order valence-electron chi connectivity index (χ1n) is 9.38. The second-order valence-corrected chi connectivity index (χ2v) is 10.7.